The number of carbonyl (C=O) groups is 1. The third-order valence-corrected chi connectivity index (χ3v) is 5.68. The van der Waals surface area contributed by atoms with Crippen molar-refractivity contribution in [3.63, 3.8) is 0 Å². The summed E-state index contributed by atoms with van der Waals surface area (Å²) in [5, 5.41) is 0.636. The van der Waals surface area contributed by atoms with Gasteiger partial charge >= 0.3 is 6.09 Å². The Morgan fingerprint density at radius 1 is 1.12 bits per heavy atom. The summed E-state index contributed by atoms with van der Waals surface area (Å²) < 4.78 is 5.45. The number of benzene rings is 1. The number of ether oxygens (including phenoxy) is 1. The van der Waals surface area contributed by atoms with Crippen LogP contribution < -0.4 is 4.74 Å². The third kappa shape index (κ3) is 6.81. The second kappa shape index (κ2) is 10.8. The van der Waals surface area contributed by atoms with Gasteiger partial charge in [-0.1, -0.05) is 18.5 Å². The van der Waals surface area contributed by atoms with Crippen LogP contribution in [-0.4, -0.2) is 49.1 Å². The minimum Gasteiger partial charge on any atom is -0.410 e. The molecule has 0 atom stereocenters. The van der Waals surface area contributed by atoms with Crippen molar-refractivity contribution in [2.75, 3.05) is 27.2 Å². The monoisotopic (exact) mass is 380 g/mol. The average Bonchev–Trinajstić information content (AvgIpc) is 2.64. The van der Waals surface area contributed by atoms with Crippen LogP contribution in [0.1, 0.15) is 51.9 Å². The van der Waals surface area contributed by atoms with Gasteiger partial charge in [-0.05, 0) is 95.3 Å². The van der Waals surface area contributed by atoms with Crippen LogP contribution in [-0.2, 0) is 0 Å². The van der Waals surface area contributed by atoms with Gasteiger partial charge in [0.25, 0.3) is 0 Å². The lowest BCUT2D eigenvalue weighted by atomic mass is 9.83. The van der Waals surface area contributed by atoms with Crippen molar-refractivity contribution in [2.45, 2.75) is 57.9 Å². The van der Waals surface area contributed by atoms with Gasteiger partial charge in [0.2, 0.25) is 0 Å². The highest BCUT2D eigenvalue weighted by Crippen LogP contribution is 2.30. The number of hydrogen-bond donors (Lipinski definition) is 0. The van der Waals surface area contributed by atoms with Gasteiger partial charge in [-0.15, -0.1) is 0 Å². The minimum atomic E-state index is -0.281. The van der Waals surface area contributed by atoms with Crippen LogP contribution in [0.25, 0.3) is 0 Å². The van der Waals surface area contributed by atoms with E-state index in [4.69, 9.17) is 16.3 Å². The Labute approximate surface area is 163 Å². The van der Waals surface area contributed by atoms with E-state index in [0.29, 0.717) is 10.8 Å². The van der Waals surface area contributed by atoms with Crippen LogP contribution in [0.15, 0.2) is 24.3 Å². The van der Waals surface area contributed by atoms with Crippen LogP contribution in [0, 0.1) is 5.92 Å². The molecule has 0 N–H and O–H groups in total. The number of nitrogens with zero attached hydrogens (tertiary/aromatic N) is 2. The summed E-state index contributed by atoms with van der Waals surface area (Å²) in [5.41, 5.74) is 0. The Balaban J connectivity index is 1.69. The maximum Gasteiger partial charge on any atom is 0.415 e. The molecule has 0 heterocycles. The lowest BCUT2D eigenvalue weighted by Crippen LogP contribution is -2.41. The van der Waals surface area contributed by atoms with Crippen molar-refractivity contribution < 1.29 is 9.53 Å². The van der Waals surface area contributed by atoms with E-state index >= 15 is 0 Å². The Kier molecular flexibility index (Phi) is 8.73. The van der Waals surface area contributed by atoms with Gasteiger partial charge in [0.15, 0.2) is 0 Å². The van der Waals surface area contributed by atoms with E-state index in [1.807, 2.05) is 7.05 Å². The summed E-state index contributed by atoms with van der Waals surface area (Å²) >= 11 is 5.86. The molecule has 1 aliphatic rings. The van der Waals surface area contributed by atoms with Gasteiger partial charge in [-0.3, -0.25) is 0 Å². The second-order valence-electron chi connectivity index (χ2n) is 7.55. The maximum absolute atomic E-state index is 12.4. The van der Waals surface area contributed by atoms with Crippen LogP contribution >= 0.6 is 11.6 Å². The molecule has 0 radical (unpaired) electrons. The molecule has 0 unspecified atom stereocenters. The van der Waals surface area contributed by atoms with Crippen molar-refractivity contribution >= 4 is 17.7 Å². The van der Waals surface area contributed by atoms with Gasteiger partial charge in [0.1, 0.15) is 5.75 Å². The van der Waals surface area contributed by atoms with Crippen molar-refractivity contribution in [1.82, 2.24) is 9.80 Å². The van der Waals surface area contributed by atoms with Gasteiger partial charge in [0, 0.05) is 18.1 Å². The van der Waals surface area contributed by atoms with E-state index in [0.717, 1.165) is 18.8 Å². The quantitative estimate of drug-likeness (QED) is 0.601. The van der Waals surface area contributed by atoms with Gasteiger partial charge in [-0.25, -0.2) is 4.79 Å². The normalized spacial score (nSPS) is 20.2. The molecular weight excluding hydrogens is 348 g/mol. The second-order valence-corrected chi connectivity index (χ2v) is 7.99. The van der Waals surface area contributed by atoms with Crippen molar-refractivity contribution in [1.29, 1.82) is 0 Å². The highest BCUT2D eigenvalue weighted by Gasteiger charge is 2.27. The molecule has 146 valence electrons. The molecule has 1 fully saturated rings. The molecule has 1 amide bonds. The Morgan fingerprint density at radius 2 is 1.77 bits per heavy atom. The molecule has 1 aromatic carbocycles. The fraction of sp³-hybridized carbons (Fsp3) is 0.667. The molecule has 0 bridgehead atoms. The minimum absolute atomic E-state index is 0.281. The summed E-state index contributed by atoms with van der Waals surface area (Å²) in [6, 6.07) is 7.19. The number of rotatable bonds is 8. The molecule has 4 nitrogen and oxygen atoms in total. The van der Waals surface area contributed by atoms with Crippen LogP contribution in [0.5, 0.6) is 5.75 Å². The van der Waals surface area contributed by atoms with Crippen molar-refractivity contribution in [3.8, 4) is 5.75 Å². The summed E-state index contributed by atoms with van der Waals surface area (Å²) in [7, 11) is 4.06. The molecule has 2 rings (SSSR count). The average molecular weight is 381 g/mol. The van der Waals surface area contributed by atoms with E-state index in [-0.39, 0.29) is 12.1 Å². The molecule has 0 saturated heterocycles. The molecule has 1 saturated carbocycles. The molecule has 5 heteroatoms. The molecule has 0 aromatic heterocycles. The molecular formula is C21H33ClN2O2. The van der Waals surface area contributed by atoms with E-state index in [1.165, 1.54) is 45.2 Å². The highest BCUT2D eigenvalue weighted by atomic mass is 35.5. The number of halogens is 1. The van der Waals surface area contributed by atoms with Gasteiger partial charge in [-0.2, -0.15) is 0 Å². The van der Waals surface area contributed by atoms with Gasteiger partial charge in [0.05, 0.1) is 0 Å². The SMILES string of the molecule is CCCN(C)CCCC1CCC(N(C)C(=O)Oc2ccc(Cl)cc2)CC1. The van der Waals surface area contributed by atoms with Crippen LogP contribution in [0.3, 0.4) is 0 Å². The van der Waals surface area contributed by atoms with Crippen molar-refractivity contribution in [3.05, 3.63) is 29.3 Å². The maximum atomic E-state index is 12.4. The Hall–Kier alpha value is -1.26. The molecule has 0 aliphatic heterocycles. The first kappa shape index (κ1) is 21.0. The summed E-state index contributed by atoms with van der Waals surface area (Å²) in [6.45, 7) is 4.61. The highest BCUT2D eigenvalue weighted by molar-refractivity contribution is 6.30. The van der Waals surface area contributed by atoms with E-state index in [1.54, 1.807) is 29.2 Å². The zero-order valence-corrected chi connectivity index (χ0v) is 17.2. The molecule has 1 aliphatic carbocycles. The van der Waals surface area contributed by atoms with Gasteiger partial charge < -0.3 is 14.5 Å². The van der Waals surface area contributed by atoms with E-state index < -0.39 is 0 Å². The largest absolute Gasteiger partial charge is 0.415 e. The van der Waals surface area contributed by atoms with Crippen LogP contribution in [0.2, 0.25) is 5.02 Å². The van der Waals surface area contributed by atoms with E-state index in [2.05, 4.69) is 18.9 Å². The lowest BCUT2D eigenvalue weighted by molar-refractivity contribution is 0.123. The zero-order chi connectivity index (χ0) is 18.9. The summed E-state index contributed by atoms with van der Waals surface area (Å²) in [4.78, 5) is 16.5. The summed E-state index contributed by atoms with van der Waals surface area (Å²) in [5.74, 6) is 1.35. The van der Waals surface area contributed by atoms with Crippen molar-refractivity contribution in [2.24, 2.45) is 5.92 Å². The predicted molar refractivity (Wildman–Crippen MR) is 108 cm³/mol. The number of amides is 1. The predicted octanol–water partition coefficient (Wildman–Crippen LogP) is 5.45. The Bertz CT molecular complexity index is 541. The zero-order valence-electron chi connectivity index (χ0n) is 16.4. The van der Waals surface area contributed by atoms with Crippen LogP contribution in [0.4, 0.5) is 4.79 Å². The standard InChI is InChI=1S/C21H33ClN2O2/c1-4-15-23(2)16-5-6-17-7-11-19(12-8-17)24(3)21(25)26-20-13-9-18(22)10-14-20/h9-10,13-14,17,19H,4-8,11-12,15-16H2,1-3H3. The topological polar surface area (TPSA) is 32.8 Å². The molecule has 1 aromatic rings. The number of hydrogen-bond acceptors (Lipinski definition) is 3. The molecule has 26 heavy (non-hydrogen) atoms. The fourth-order valence-corrected chi connectivity index (χ4v) is 3.91. The first-order valence-electron chi connectivity index (χ1n) is 9.88. The lowest BCUT2D eigenvalue weighted by Gasteiger charge is -2.34. The fourth-order valence-electron chi connectivity index (χ4n) is 3.79. The number of carbonyl (C=O) groups excluding carboxylic acids is 1. The first-order valence-corrected chi connectivity index (χ1v) is 10.3. The molecule has 0 spiro atoms. The third-order valence-electron chi connectivity index (χ3n) is 5.43. The first-order chi connectivity index (χ1) is 12.5. The van der Waals surface area contributed by atoms with E-state index in [9.17, 15) is 4.79 Å². The summed E-state index contributed by atoms with van der Waals surface area (Å²) in [6.07, 6.45) is 8.09. The Morgan fingerprint density at radius 3 is 2.38 bits per heavy atom. The smallest absolute Gasteiger partial charge is 0.410 e.